The molecule has 0 aromatic carbocycles. The van der Waals surface area contributed by atoms with E-state index >= 15 is 0 Å². The van der Waals surface area contributed by atoms with Gasteiger partial charge in [-0.3, -0.25) is 14.3 Å². The highest BCUT2D eigenvalue weighted by Gasteiger charge is 2.39. The van der Waals surface area contributed by atoms with Crippen LogP contribution in [0.5, 0.6) is 0 Å². The number of nitrogens with zero attached hydrogens (tertiary/aromatic N) is 4. The van der Waals surface area contributed by atoms with Gasteiger partial charge in [-0.05, 0) is 25.5 Å². The largest absolute Gasteiger partial charge is 0.380 e. The summed E-state index contributed by atoms with van der Waals surface area (Å²) in [5.41, 5.74) is 1.52. The molecule has 1 amide bonds. The van der Waals surface area contributed by atoms with Gasteiger partial charge >= 0.3 is 5.69 Å². The van der Waals surface area contributed by atoms with Crippen LogP contribution in [-0.4, -0.2) is 50.3 Å². The van der Waals surface area contributed by atoms with E-state index < -0.39 is 0 Å². The van der Waals surface area contributed by atoms with Crippen LogP contribution in [0.2, 0.25) is 0 Å². The molecule has 0 spiro atoms. The molecule has 0 bridgehead atoms. The topological polar surface area (TPSA) is 93.1 Å². The van der Waals surface area contributed by atoms with Gasteiger partial charge in [-0.2, -0.15) is 5.10 Å². The Kier molecular flexibility index (Phi) is 4.98. The first-order valence-corrected chi connectivity index (χ1v) is 8.42. The van der Waals surface area contributed by atoms with E-state index in [4.69, 9.17) is 4.74 Å². The van der Waals surface area contributed by atoms with Crippen LogP contribution in [-0.2, 0) is 22.5 Å². The summed E-state index contributed by atoms with van der Waals surface area (Å²) in [4.78, 5) is 30.7. The summed E-state index contributed by atoms with van der Waals surface area (Å²) in [5.74, 6) is 0.565. The Morgan fingerprint density at radius 2 is 2.24 bits per heavy atom. The Morgan fingerprint density at radius 1 is 1.44 bits per heavy atom. The average molecular weight is 345 g/mol. The zero-order chi connectivity index (χ0) is 18.0. The van der Waals surface area contributed by atoms with Crippen molar-refractivity contribution in [1.82, 2.24) is 24.6 Å². The van der Waals surface area contributed by atoms with Crippen LogP contribution in [0.15, 0.2) is 23.1 Å². The van der Waals surface area contributed by atoms with E-state index in [1.807, 2.05) is 26.0 Å². The molecule has 2 aromatic heterocycles. The number of likely N-dealkylation sites (tertiary alicyclic amines) is 1. The van der Waals surface area contributed by atoms with Gasteiger partial charge in [-0.1, -0.05) is 6.07 Å². The molecule has 0 unspecified atom stereocenters. The van der Waals surface area contributed by atoms with Crippen molar-refractivity contribution < 1.29 is 9.53 Å². The number of pyridine rings is 1. The minimum Gasteiger partial charge on any atom is -0.380 e. The fourth-order valence-electron chi connectivity index (χ4n) is 3.26. The molecule has 25 heavy (non-hydrogen) atoms. The van der Waals surface area contributed by atoms with Crippen molar-refractivity contribution in [3.8, 4) is 0 Å². The quantitative estimate of drug-likeness (QED) is 0.866. The van der Waals surface area contributed by atoms with Crippen molar-refractivity contribution in [3.63, 3.8) is 0 Å². The van der Waals surface area contributed by atoms with E-state index in [0.717, 1.165) is 11.3 Å². The smallest absolute Gasteiger partial charge is 0.343 e. The maximum absolute atomic E-state index is 12.9. The van der Waals surface area contributed by atoms with Gasteiger partial charge in [0.25, 0.3) is 0 Å². The summed E-state index contributed by atoms with van der Waals surface area (Å²) >= 11 is 0. The predicted octanol–water partition coefficient (Wildman–Crippen LogP) is 0.826. The highest BCUT2D eigenvalue weighted by Crippen LogP contribution is 2.32. The second kappa shape index (κ2) is 7.18. The van der Waals surface area contributed by atoms with Gasteiger partial charge in [-0.15, -0.1) is 0 Å². The molecule has 134 valence electrons. The van der Waals surface area contributed by atoms with Gasteiger partial charge in [0.05, 0.1) is 18.6 Å². The molecule has 1 aliphatic heterocycles. The van der Waals surface area contributed by atoms with Crippen LogP contribution in [0.1, 0.15) is 36.5 Å². The van der Waals surface area contributed by atoms with Gasteiger partial charge in [-0.25, -0.2) is 9.89 Å². The van der Waals surface area contributed by atoms with E-state index in [-0.39, 0.29) is 30.2 Å². The second-order valence-electron chi connectivity index (χ2n) is 6.27. The number of aryl methyl sites for hydroxylation is 1. The number of aromatic amines is 1. The monoisotopic (exact) mass is 345 g/mol. The molecule has 1 fully saturated rings. The lowest BCUT2D eigenvalue weighted by Crippen LogP contribution is -2.35. The highest BCUT2D eigenvalue weighted by atomic mass is 16.5. The highest BCUT2D eigenvalue weighted by molar-refractivity contribution is 5.79. The van der Waals surface area contributed by atoms with E-state index in [1.54, 1.807) is 22.8 Å². The number of hydrogen-bond donors (Lipinski definition) is 1. The number of carbonyl (C=O) groups excluding carboxylic acids is 1. The van der Waals surface area contributed by atoms with E-state index in [2.05, 4.69) is 15.2 Å². The third kappa shape index (κ3) is 3.48. The number of methoxy groups -OCH3 is 1. The molecule has 1 N–H and O–H groups in total. The van der Waals surface area contributed by atoms with E-state index in [1.165, 1.54) is 0 Å². The maximum Gasteiger partial charge on any atom is 0.343 e. The minimum absolute atomic E-state index is 0.0201. The Hall–Kier alpha value is -2.48. The van der Waals surface area contributed by atoms with Gasteiger partial charge < -0.3 is 9.64 Å². The van der Waals surface area contributed by atoms with E-state index in [9.17, 15) is 9.59 Å². The fourth-order valence-corrected chi connectivity index (χ4v) is 3.26. The molecule has 0 radical (unpaired) electrons. The molecule has 0 saturated carbocycles. The SMILES string of the molecule is CCn1c([C@@H]2C[C@H](OC)CN2C(=O)Cc2ccc(C)nc2)n[nH]c1=O. The van der Waals surface area contributed by atoms with Crippen LogP contribution < -0.4 is 5.69 Å². The molecule has 1 saturated heterocycles. The Morgan fingerprint density at radius 3 is 2.88 bits per heavy atom. The number of carbonyl (C=O) groups is 1. The molecule has 2 aromatic rings. The third-order valence-corrected chi connectivity index (χ3v) is 4.65. The third-order valence-electron chi connectivity index (χ3n) is 4.65. The molecular weight excluding hydrogens is 322 g/mol. The molecule has 8 nitrogen and oxygen atoms in total. The van der Waals surface area contributed by atoms with Crippen molar-refractivity contribution in [1.29, 1.82) is 0 Å². The summed E-state index contributed by atoms with van der Waals surface area (Å²) < 4.78 is 7.02. The normalized spacial score (nSPS) is 20.2. The van der Waals surface area contributed by atoms with Gasteiger partial charge in [0.15, 0.2) is 5.82 Å². The van der Waals surface area contributed by atoms with Crippen molar-refractivity contribution in [3.05, 3.63) is 45.9 Å². The number of aromatic nitrogens is 4. The molecule has 1 aliphatic rings. The zero-order valence-electron chi connectivity index (χ0n) is 14.7. The number of amides is 1. The van der Waals surface area contributed by atoms with Gasteiger partial charge in [0.2, 0.25) is 5.91 Å². The second-order valence-corrected chi connectivity index (χ2v) is 6.27. The van der Waals surface area contributed by atoms with Crippen molar-refractivity contribution >= 4 is 5.91 Å². The lowest BCUT2D eigenvalue weighted by molar-refractivity contribution is -0.132. The summed E-state index contributed by atoms with van der Waals surface area (Å²) in [6, 6.07) is 3.54. The Balaban J connectivity index is 1.85. The summed E-state index contributed by atoms with van der Waals surface area (Å²) in [6.07, 6.45) is 2.55. The zero-order valence-corrected chi connectivity index (χ0v) is 14.7. The first-order valence-electron chi connectivity index (χ1n) is 8.42. The standard InChI is InChI=1S/C17H23N5O3/c1-4-21-16(19-20-17(21)24)14-8-13(25-3)10-22(14)15(23)7-12-6-5-11(2)18-9-12/h5-6,9,13-14H,4,7-8,10H2,1-3H3,(H,20,24)/t13-,14-/m0/s1. The van der Waals surface area contributed by atoms with Crippen molar-refractivity contribution in [2.45, 2.75) is 45.4 Å². The average Bonchev–Trinajstić information content (AvgIpc) is 3.19. The van der Waals surface area contributed by atoms with Crippen molar-refractivity contribution in [2.24, 2.45) is 0 Å². The first kappa shape index (κ1) is 17.3. The summed E-state index contributed by atoms with van der Waals surface area (Å²) in [7, 11) is 1.64. The van der Waals surface area contributed by atoms with Crippen LogP contribution in [0.3, 0.4) is 0 Å². The maximum atomic E-state index is 12.9. The Labute approximate surface area is 145 Å². The lowest BCUT2D eigenvalue weighted by Gasteiger charge is -2.24. The van der Waals surface area contributed by atoms with Gasteiger partial charge in [0.1, 0.15) is 0 Å². The lowest BCUT2D eigenvalue weighted by atomic mass is 10.1. The van der Waals surface area contributed by atoms with Crippen LogP contribution in [0, 0.1) is 6.92 Å². The number of ether oxygens (including phenoxy) is 1. The molecular formula is C17H23N5O3. The minimum atomic E-state index is -0.269. The molecule has 3 heterocycles. The van der Waals surface area contributed by atoms with Crippen molar-refractivity contribution in [2.75, 3.05) is 13.7 Å². The fraction of sp³-hybridized carbons (Fsp3) is 0.529. The van der Waals surface area contributed by atoms with Crippen LogP contribution in [0.25, 0.3) is 0 Å². The first-order chi connectivity index (χ1) is 12.0. The van der Waals surface area contributed by atoms with Crippen LogP contribution >= 0.6 is 0 Å². The summed E-state index contributed by atoms with van der Waals surface area (Å²) in [5, 5.41) is 6.63. The molecule has 0 aliphatic carbocycles. The number of nitrogens with one attached hydrogen (secondary N) is 1. The van der Waals surface area contributed by atoms with E-state index in [0.29, 0.717) is 25.3 Å². The Bertz CT molecular complexity index is 795. The molecule has 8 heteroatoms. The van der Waals surface area contributed by atoms with Gasteiger partial charge in [0, 0.05) is 38.5 Å². The summed E-state index contributed by atoms with van der Waals surface area (Å²) in [6.45, 7) is 4.78. The molecule has 3 rings (SSSR count). The molecule has 2 atom stereocenters. The number of rotatable bonds is 5. The number of hydrogen-bond acceptors (Lipinski definition) is 5. The predicted molar refractivity (Wildman–Crippen MR) is 91.1 cm³/mol. The number of H-pyrrole nitrogens is 1. The van der Waals surface area contributed by atoms with Crippen LogP contribution in [0.4, 0.5) is 0 Å².